The summed E-state index contributed by atoms with van der Waals surface area (Å²) in [5.74, 6) is 0.0637. The van der Waals surface area contributed by atoms with E-state index in [0.29, 0.717) is 6.42 Å². The van der Waals surface area contributed by atoms with Gasteiger partial charge in [-0.15, -0.1) is 0 Å². The average molecular weight is 269 g/mol. The van der Waals surface area contributed by atoms with Crippen LogP contribution in [0.15, 0.2) is 36.4 Å². The summed E-state index contributed by atoms with van der Waals surface area (Å²) in [6, 6.07) is 12.0. The highest BCUT2D eigenvalue weighted by Crippen LogP contribution is 2.06. The molecule has 0 aromatic heterocycles. The first-order chi connectivity index (χ1) is 9.79. The fourth-order valence-corrected chi connectivity index (χ4v) is 2.24. The minimum Gasteiger partial charge on any atom is -0.337 e. The molecule has 0 unspecified atom stereocenters. The van der Waals surface area contributed by atoms with Crippen molar-refractivity contribution in [2.24, 2.45) is 0 Å². The van der Waals surface area contributed by atoms with Crippen LogP contribution in [0.2, 0.25) is 0 Å². The number of rotatable bonds is 4. The predicted molar refractivity (Wildman–Crippen MR) is 78.7 cm³/mol. The summed E-state index contributed by atoms with van der Waals surface area (Å²) >= 11 is 0. The molecule has 0 saturated carbocycles. The fourth-order valence-electron chi connectivity index (χ4n) is 2.24. The van der Waals surface area contributed by atoms with Crippen molar-refractivity contribution in [3.8, 4) is 6.07 Å². The molecule has 104 valence electrons. The molecule has 1 heterocycles. The van der Waals surface area contributed by atoms with Crippen LogP contribution in [0, 0.1) is 11.3 Å². The van der Waals surface area contributed by atoms with Gasteiger partial charge in [0.25, 0.3) is 0 Å². The Morgan fingerprint density at radius 3 is 2.55 bits per heavy atom. The number of benzene rings is 1. The number of hydrogen-bond donors (Lipinski definition) is 0. The van der Waals surface area contributed by atoms with Crippen molar-refractivity contribution in [3.63, 3.8) is 0 Å². The third-order valence-electron chi connectivity index (χ3n) is 3.44. The molecule has 4 heteroatoms. The highest BCUT2D eigenvalue weighted by atomic mass is 16.2. The van der Waals surface area contributed by atoms with Crippen molar-refractivity contribution >= 4 is 12.0 Å². The van der Waals surface area contributed by atoms with Crippen LogP contribution in [0.5, 0.6) is 0 Å². The Balaban J connectivity index is 1.80. The van der Waals surface area contributed by atoms with E-state index in [1.54, 1.807) is 6.08 Å². The van der Waals surface area contributed by atoms with Gasteiger partial charge in [-0.3, -0.25) is 9.69 Å². The van der Waals surface area contributed by atoms with E-state index in [-0.39, 0.29) is 5.91 Å². The zero-order valence-electron chi connectivity index (χ0n) is 11.5. The van der Waals surface area contributed by atoms with E-state index in [2.05, 4.69) is 11.0 Å². The molecule has 2 rings (SSSR count). The standard InChI is InChI=1S/C16H19N3O/c17-9-4-10-18-11-13-19(14-12-18)16(20)8-7-15-5-2-1-3-6-15/h1-3,5-8H,4,10-14H2/b8-7+. The maximum Gasteiger partial charge on any atom is 0.246 e. The van der Waals surface area contributed by atoms with E-state index in [4.69, 9.17) is 5.26 Å². The maximum atomic E-state index is 12.1. The Morgan fingerprint density at radius 1 is 1.20 bits per heavy atom. The van der Waals surface area contributed by atoms with Gasteiger partial charge in [-0.2, -0.15) is 5.26 Å². The Morgan fingerprint density at radius 2 is 1.90 bits per heavy atom. The Bertz CT molecular complexity index is 496. The van der Waals surface area contributed by atoms with Crippen LogP contribution in [0.1, 0.15) is 12.0 Å². The minimum atomic E-state index is 0.0637. The number of carbonyl (C=O) groups excluding carboxylic acids is 1. The second-order valence-electron chi connectivity index (χ2n) is 4.82. The summed E-state index contributed by atoms with van der Waals surface area (Å²) < 4.78 is 0. The van der Waals surface area contributed by atoms with Gasteiger partial charge in [0.2, 0.25) is 5.91 Å². The van der Waals surface area contributed by atoms with E-state index < -0.39 is 0 Å². The van der Waals surface area contributed by atoms with E-state index in [9.17, 15) is 4.79 Å². The first-order valence-corrected chi connectivity index (χ1v) is 6.91. The summed E-state index contributed by atoms with van der Waals surface area (Å²) in [4.78, 5) is 16.2. The zero-order chi connectivity index (χ0) is 14.2. The summed E-state index contributed by atoms with van der Waals surface area (Å²) in [5.41, 5.74) is 1.04. The second-order valence-corrected chi connectivity index (χ2v) is 4.82. The van der Waals surface area contributed by atoms with Gasteiger partial charge in [-0.25, -0.2) is 0 Å². The summed E-state index contributed by atoms with van der Waals surface area (Å²) in [5, 5.41) is 8.57. The van der Waals surface area contributed by atoms with E-state index in [1.165, 1.54) is 0 Å². The lowest BCUT2D eigenvalue weighted by atomic mass is 10.2. The van der Waals surface area contributed by atoms with Gasteiger partial charge in [0.1, 0.15) is 0 Å². The molecule has 1 aromatic carbocycles. The lowest BCUT2D eigenvalue weighted by Gasteiger charge is -2.33. The topological polar surface area (TPSA) is 47.3 Å². The molecule has 1 saturated heterocycles. The molecule has 1 amide bonds. The molecule has 0 N–H and O–H groups in total. The summed E-state index contributed by atoms with van der Waals surface area (Å²) in [7, 11) is 0. The molecular weight excluding hydrogens is 250 g/mol. The Kier molecular flexibility index (Phi) is 5.33. The molecule has 4 nitrogen and oxygen atoms in total. The maximum absolute atomic E-state index is 12.1. The van der Waals surface area contributed by atoms with Crippen LogP contribution in [-0.4, -0.2) is 48.4 Å². The highest BCUT2D eigenvalue weighted by molar-refractivity contribution is 5.91. The predicted octanol–water partition coefficient (Wildman–Crippen LogP) is 1.76. The molecule has 0 aliphatic carbocycles. The molecule has 0 atom stereocenters. The normalized spacial score (nSPS) is 16.2. The third-order valence-corrected chi connectivity index (χ3v) is 3.44. The largest absolute Gasteiger partial charge is 0.337 e. The molecule has 1 fully saturated rings. The van der Waals surface area contributed by atoms with E-state index in [1.807, 2.05) is 41.3 Å². The molecule has 1 aliphatic rings. The molecule has 1 aliphatic heterocycles. The van der Waals surface area contributed by atoms with Gasteiger partial charge in [0.15, 0.2) is 0 Å². The van der Waals surface area contributed by atoms with Crippen molar-refractivity contribution in [2.45, 2.75) is 6.42 Å². The monoisotopic (exact) mass is 269 g/mol. The van der Waals surface area contributed by atoms with Gasteiger partial charge in [-0.05, 0) is 11.6 Å². The van der Waals surface area contributed by atoms with Crippen molar-refractivity contribution < 1.29 is 4.79 Å². The van der Waals surface area contributed by atoms with Crippen molar-refractivity contribution in [2.75, 3.05) is 32.7 Å². The van der Waals surface area contributed by atoms with Gasteiger partial charge in [-0.1, -0.05) is 30.3 Å². The van der Waals surface area contributed by atoms with Gasteiger partial charge in [0, 0.05) is 45.2 Å². The van der Waals surface area contributed by atoms with E-state index in [0.717, 1.165) is 38.3 Å². The second kappa shape index (κ2) is 7.46. The van der Waals surface area contributed by atoms with Gasteiger partial charge >= 0.3 is 0 Å². The average Bonchev–Trinajstić information content (AvgIpc) is 2.52. The smallest absolute Gasteiger partial charge is 0.246 e. The van der Waals surface area contributed by atoms with Crippen molar-refractivity contribution in [1.29, 1.82) is 5.26 Å². The number of hydrogen-bond acceptors (Lipinski definition) is 3. The Hall–Kier alpha value is -2.12. The zero-order valence-corrected chi connectivity index (χ0v) is 11.5. The summed E-state index contributed by atoms with van der Waals surface area (Å²) in [6.07, 6.45) is 4.05. The quantitative estimate of drug-likeness (QED) is 0.782. The van der Waals surface area contributed by atoms with Gasteiger partial charge < -0.3 is 4.90 Å². The highest BCUT2D eigenvalue weighted by Gasteiger charge is 2.18. The number of nitrogens with zero attached hydrogens (tertiary/aromatic N) is 3. The van der Waals surface area contributed by atoms with Crippen LogP contribution in [0.4, 0.5) is 0 Å². The van der Waals surface area contributed by atoms with Crippen LogP contribution in [0.25, 0.3) is 6.08 Å². The first kappa shape index (κ1) is 14.3. The van der Waals surface area contributed by atoms with E-state index >= 15 is 0 Å². The van der Waals surface area contributed by atoms with Gasteiger partial charge in [0.05, 0.1) is 6.07 Å². The lowest BCUT2D eigenvalue weighted by Crippen LogP contribution is -2.48. The van der Waals surface area contributed by atoms with Crippen LogP contribution in [0.3, 0.4) is 0 Å². The third kappa shape index (κ3) is 4.22. The molecule has 20 heavy (non-hydrogen) atoms. The van der Waals surface area contributed by atoms with Crippen LogP contribution >= 0.6 is 0 Å². The molecule has 1 aromatic rings. The summed E-state index contributed by atoms with van der Waals surface area (Å²) in [6.45, 7) is 3.99. The van der Waals surface area contributed by atoms with Crippen molar-refractivity contribution in [1.82, 2.24) is 9.80 Å². The van der Waals surface area contributed by atoms with Crippen LogP contribution < -0.4 is 0 Å². The molecule has 0 radical (unpaired) electrons. The fraction of sp³-hybridized carbons (Fsp3) is 0.375. The first-order valence-electron chi connectivity index (χ1n) is 6.91. The van der Waals surface area contributed by atoms with Crippen LogP contribution in [-0.2, 0) is 4.79 Å². The SMILES string of the molecule is N#CCCN1CCN(C(=O)/C=C/c2ccccc2)CC1. The number of nitriles is 1. The number of amides is 1. The minimum absolute atomic E-state index is 0.0637. The molecule has 0 spiro atoms. The number of piperazine rings is 1. The number of carbonyl (C=O) groups is 1. The Labute approximate surface area is 119 Å². The lowest BCUT2D eigenvalue weighted by molar-refractivity contribution is -0.127. The molecule has 0 bridgehead atoms. The van der Waals surface area contributed by atoms with Crippen molar-refractivity contribution in [3.05, 3.63) is 42.0 Å². The molecular formula is C16H19N3O.